The summed E-state index contributed by atoms with van der Waals surface area (Å²) in [5, 5.41) is 5.42. The van der Waals surface area contributed by atoms with Crippen molar-refractivity contribution < 1.29 is 4.79 Å². The molecule has 0 aliphatic carbocycles. The molecule has 0 unspecified atom stereocenters. The van der Waals surface area contributed by atoms with Gasteiger partial charge in [0.2, 0.25) is 5.91 Å². The van der Waals surface area contributed by atoms with Crippen molar-refractivity contribution in [1.82, 2.24) is 18.7 Å². The molecule has 1 aromatic carbocycles. The fourth-order valence-corrected chi connectivity index (χ4v) is 2.51. The number of aromatic nitrogens is 4. The van der Waals surface area contributed by atoms with Crippen LogP contribution in [0.5, 0.6) is 0 Å². The highest BCUT2D eigenvalue weighted by Crippen LogP contribution is 2.17. The first kappa shape index (κ1) is 16.3. The van der Waals surface area contributed by atoms with Crippen molar-refractivity contribution in [2.75, 3.05) is 5.32 Å². The summed E-state index contributed by atoms with van der Waals surface area (Å²) < 4.78 is 3.57. The lowest BCUT2D eigenvalue weighted by atomic mass is 10.3. The van der Waals surface area contributed by atoms with Crippen LogP contribution in [-0.2, 0) is 25.4 Å². The van der Waals surface area contributed by atoms with Crippen molar-refractivity contribution in [3.8, 4) is 0 Å². The van der Waals surface area contributed by atoms with E-state index in [1.807, 2.05) is 0 Å². The van der Waals surface area contributed by atoms with Crippen LogP contribution >= 0.6 is 0 Å². The minimum Gasteiger partial charge on any atom is -0.324 e. The van der Waals surface area contributed by atoms with Crippen LogP contribution in [0, 0.1) is 4.91 Å². The minimum atomic E-state index is -0.532. The van der Waals surface area contributed by atoms with Gasteiger partial charge in [-0.3, -0.25) is 18.7 Å². The van der Waals surface area contributed by atoms with E-state index in [-0.39, 0.29) is 23.4 Å². The predicted octanol–water partition coefficient (Wildman–Crippen LogP) is 0.470. The maximum atomic E-state index is 12.3. The Morgan fingerprint density at radius 2 is 2.00 bits per heavy atom. The zero-order valence-corrected chi connectivity index (χ0v) is 13.5. The SMILES string of the molecule is Cn1c(=O)c2c(ncn2CC(=O)Nc2cccc(N=O)c2)n(C)c1=O. The summed E-state index contributed by atoms with van der Waals surface area (Å²) >= 11 is 0. The van der Waals surface area contributed by atoms with Gasteiger partial charge in [0, 0.05) is 19.8 Å². The molecule has 10 nitrogen and oxygen atoms in total. The van der Waals surface area contributed by atoms with E-state index < -0.39 is 17.2 Å². The normalized spacial score (nSPS) is 10.8. The Balaban J connectivity index is 1.93. The fraction of sp³-hybridized carbons (Fsp3) is 0.200. The van der Waals surface area contributed by atoms with E-state index in [0.29, 0.717) is 5.69 Å². The molecule has 3 rings (SSSR count). The number of imidazole rings is 1. The van der Waals surface area contributed by atoms with Crippen LogP contribution in [0.25, 0.3) is 11.2 Å². The molecule has 0 spiro atoms. The number of hydrogen-bond donors (Lipinski definition) is 1. The van der Waals surface area contributed by atoms with Crippen molar-refractivity contribution in [2.45, 2.75) is 6.54 Å². The van der Waals surface area contributed by atoms with Crippen molar-refractivity contribution in [3.05, 3.63) is 56.3 Å². The third-order valence-corrected chi connectivity index (χ3v) is 3.77. The van der Waals surface area contributed by atoms with Crippen LogP contribution in [0.1, 0.15) is 0 Å². The Kier molecular flexibility index (Phi) is 4.01. The van der Waals surface area contributed by atoms with Gasteiger partial charge in [-0.15, -0.1) is 4.91 Å². The summed E-state index contributed by atoms with van der Waals surface area (Å²) in [5.74, 6) is -0.418. The first-order valence-corrected chi connectivity index (χ1v) is 7.26. The number of fused-ring (bicyclic) bond motifs is 1. The number of nitroso groups, excluding NO2 is 1. The summed E-state index contributed by atoms with van der Waals surface area (Å²) in [6, 6.07) is 6.14. The molecule has 1 amide bonds. The van der Waals surface area contributed by atoms with Gasteiger partial charge in [0.15, 0.2) is 11.2 Å². The Bertz CT molecular complexity index is 1110. The van der Waals surface area contributed by atoms with E-state index in [0.717, 1.165) is 4.57 Å². The van der Waals surface area contributed by atoms with E-state index in [1.165, 1.54) is 41.7 Å². The van der Waals surface area contributed by atoms with Crippen molar-refractivity contribution in [2.24, 2.45) is 19.3 Å². The van der Waals surface area contributed by atoms with E-state index >= 15 is 0 Å². The molecule has 1 N–H and O–H groups in total. The highest BCUT2D eigenvalue weighted by atomic mass is 16.3. The van der Waals surface area contributed by atoms with E-state index in [2.05, 4.69) is 15.5 Å². The molecule has 0 bridgehead atoms. The average Bonchev–Trinajstić information content (AvgIpc) is 3.01. The highest BCUT2D eigenvalue weighted by molar-refractivity contribution is 5.91. The van der Waals surface area contributed by atoms with Crippen LogP contribution in [0.15, 0.2) is 45.4 Å². The molecule has 0 saturated heterocycles. The number of aryl methyl sites for hydroxylation is 1. The largest absolute Gasteiger partial charge is 0.332 e. The smallest absolute Gasteiger partial charge is 0.324 e. The molecule has 2 heterocycles. The lowest BCUT2D eigenvalue weighted by Gasteiger charge is -2.08. The Morgan fingerprint density at radius 3 is 2.72 bits per heavy atom. The standard InChI is InChI=1S/C15H14N6O4/c1-19-13-12(14(23)20(2)15(19)24)21(8-16-13)7-11(22)17-9-4-3-5-10(6-9)18-25/h3-6,8H,7H2,1-2H3,(H,17,22). The van der Waals surface area contributed by atoms with Crippen LogP contribution in [0.3, 0.4) is 0 Å². The summed E-state index contributed by atoms with van der Waals surface area (Å²) in [7, 11) is 2.86. The van der Waals surface area contributed by atoms with Gasteiger partial charge in [-0.2, -0.15) is 0 Å². The third-order valence-electron chi connectivity index (χ3n) is 3.77. The van der Waals surface area contributed by atoms with Crippen LogP contribution in [-0.4, -0.2) is 24.6 Å². The molecule has 0 aliphatic heterocycles. The molecule has 0 saturated carbocycles. The van der Waals surface area contributed by atoms with Gasteiger partial charge in [-0.05, 0) is 23.4 Å². The minimum absolute atomic E-state index is 0.156. The molecule has 25 heavy (non-hydrogen) atoms. The first-order valence-electron chi connectivity index (χ1n) is 7.26. The Labute approximate surface area is 140 Å². The molecule has 0 aliphatic rings. The summed E-state index contributed by atoms with van der Waals surface area (Å²) in [6.45, 7) is -0.178. The topological polar surface area (TPSA) is 120 Å². The Hall–Kier alpha value is -3.56. The second-order valence-corrected chi connectivity index (χ2v) is 5.44. The van der Waals surface area contributed by atoms with E-state index in [9.17, 15) is 19.3 Å². The number of anilines is 1. The fourth-order valence-electron chi connectivity index (χ4n) is 2.51. The molecule has 2 aromatic heterocycles. The second-order valence-electron chi connectivity index (χ2n) is 5.44. The number of rotatable bonds is 4. The van der Waals surface area contributed by atoms with E-state index in [1.54, 1.807) is 12.1 Å². The summed E-state index contributed by atoms with van der Waals surface area (Å²) in [4.78, 5) is 51.0. The van der Waals surface area contributed by atoms with Gasteiger partial charge in [0.1, 0.15) is 12.2 Å². The molecular formula is C15H14N6O4. The number of hydrogen-bond acceptors (Lipinski definition) is 6. The predicted molar refractivity (Wildman–Crippen MR) is 90.7 cm³/mol. The molecular weight excluding hydrogens is 328 g/mol. The van der Waals surface area contributed by atoms with Gasteiger partial charge in [0.05, 0.1) is 6.33 Å². The molecule has 128 valence electrons. The first-order chi connectivity index (χ1) is 11.9. The number of nitrogens with one attached hydrogen (secondary N) is 1. The zero-order valence-electron chi connectivity index (χ0n) is 13.5. The van der Waals surface area contributed by atoms with E-state index in [4.69, 9.17) is 0 Å². The maximum absolute atomic E-state index is 12.3. The number of carbonyl (C=O) groups excluding carboxylic acids is 1. The monoisotopic (exact) mass is 342 g/mol. The Morgan fingerprint density at radius 1 is 1.24 bits per heavy atom. The molecule has 10 heteroatoms. The zero-order chi connectivity index (χ0) is 18.1. The highest BCUT2D eigenvalue weighted by Gasteiger charge is 2.16. The quantitative estimate of drug-likeness (QED) is 0.691. The van der Waals surface area contributed by atoms with Crippen LogP contribution < -0.4 is 16.6 Å². The number of carbonyl (C=O) groups is 1. The van der Waals surface area contributed by atoms with Crippen molar-refractivity contribution in [1.29, 1.82) is 0 Å². The summed E-state index contributed by atoms with van der Waals surface area (Å²) in [6.07, 6.45) is 1.33. The molecule has 0 atom stereocenters. The number of nitrogens with zero attached hydrogens (tertiary/aromatic N) is 5. The molecule has 0 fully saturated rings. The average molecular weight is 342 g/mol. The van der Waals surface area contributed by atoms with Gasteiger partial charge in [-0.25, -0.2) is 9.78 Å². The van der Waals surface area contributed by atoms with Crippen LogP contribution in [0.2, 0.25) is 0 Å². The lowest BCUT2D eigenvalue weighted by Crippen LogP contribution is -2.37. The number of benzene rings is 1. The second kappa shape index (κ2) is 6.15. The molecule has 0 radical (unpaired) electrons. The number of amides is 1. The maximum Gasteiger partial charge on any atom is 0.332 e. The van der Waals surface area contributed by atoms with Crippen molar-refractivity contribution >= 4 is 28.4 Å². The third kappa shape index (κ3) is 2.84. The molecule has 3 aromatic rings. The van der Waals surface area contributed by atoms with Crippen LogP contribution in [0.4, 0.5) is 11.4 Å². The van der Waals surface area contributed by atoms with Gasteiger partial charge in [0.25, 0.3) is 5.56 Å². The lowest BCUT2D eigenvalue weighted by molar-refractivity contribution is -0.116. The summed E-state index contributed by atoms with van der Waals surface area (Å²) in [5.41, 5.74) is -0.0707. The van der Waals surface area contributed by atoms with Gasteiger partial charge in [-0.1, -0.05) is 6.07 Å². The van der Waals surface area contributed by atoms with Crippen molar-refractivity contribution in [3.63, 3.8) is 0 Å². The van der Waals surface area contributed by atoms with Gasteiger partial charge < -0.3 is 9.88 Å². The van der Waals surface area contributed by atoms with Gasteiger partial charge >= 0.3 is 5.69 Å².